The SMILES string of the molecule is C[C@H](C[S@](C)=O)NC(=O)NC[C@H]1CCN(Cc2ccccc2)C1. The van der Waals surface area contributed by atoms with Crippen LogP contribution in [-0.4, -0.2) is 52.8 Å². The van der Waals surface area contributed by atoms with Crippen LogP contribution in [0, 0.1) is 5.92 Å². The monoisotopic (exact) mass is 337 g/mol. The van der Waals surface area contributed by atoms with Gasteiger partial charge in [-0.05, 0) is 31.4 Å². The number of hydrogen-bond acceptors (Lipinski definition) is 3. The Kier molecular flexibility index (Phi) is 7.05. The van der Waals surface area contributed by atoms with Gasteiger partial charge in [-0.3, -0.25) is 9.11 Å². The fourth-order valence-electron chi connectivity index (χ4n) is 2.97. The van der Waals surface area contributed by atoms with Crippen molar-refractivity contribution in [1.29, 1.82) is 0 Å². The summed E-state index contributed by atoms with van der Waals surface area (Å²) in [6.45, 7) is 5.64. The Morgan fingerprint density at radius 1 is 1.39 bits per heavy atom. The molecule has 3 atom stereocenters. The number of hydrogen-bond donors (Lipinski definition) is 2. The van der Waals surface area contributed by atoms with Gasteiger partial charge in [0.2, 0.25) is 0 Å². The molecule has 0 aliphatic carbocycles. The number of likely N-dealkylation sites (tertiary alicyclic amines) is 1. The number of amides is 2. The predicted molar refractivity (Wildman–Crippen MR) is 94.8 cm³/mol. The first-order valence-corrected chi connectivity index (χ1v) is 9.86. The number of nitrogens with zero attached hydrogens (tertiary/aromatic N) is 1. The predicted octanol–water partition coefficient (Wildman–Crippen LogP) is 1.57. The average Bonchev–Trinajstić information content (AvgIpc) is 2.93. The van der Waals surface area contributed by atoms with Gasteiger partial charge in [0.25, 0.3) is 0 Å². The highest BCUT2D eigenvalue weighted by atomic mass is 32.2. The molecule has 0 aromatic heterocycles. The number of nitrogens with one attached hydrogen (secondary N) is 2. The number of benzene rings is 1. The van der Waals surface area contributed by atoms with Gasteiger partial charge in [0.15, 0.2) is 0 Å². The molecule has 2 rings (SSSR count). The van der Waals surface area contributed by atoms with E-state index in [1.165, 1.54) is 5.56 Å². The highest BCUT2D eigenvalue weighted by molar-refractivity contribution is 7.84. The summed E-state index contributed by atoms with van der Waals surface area (Å²) in [5, 5.41) is 5.77. The minimum absolute atomic E-state index is 0.0704. The molecule has 1 aromatic carbocycles. The van der Waals surface area contributed by atoms with Gasteiger partial charge >= 0.3 is 6.03 Å². The quantitative estimate of drug-likeness (QED) is 0.794. The summed E-state index contributed by atoms with van der Waals surface area (Å²) in [4.78, 5) is 14.3. The number of carbonyl (C=O) groups is 1. The molecular formula is C17H27N3O2S. The van der Waals surface area contributed by atoms with Gasteiger partial charge in [0.1, 0.15) is 0 Å². The molecular weight excluding hydrogens is 310 g/mol. The molecule has 6 heteroatoms. The molecule has 0 saturated carbocycles. The summed E-state index contributed by atoms with van der Waals surface area (Å²) < 4.78 is 11.1. The van der Waals surface area contributed by atoms with E-state index in [2.05, 4.69) is 39.8 Å². The zero-order valence-corrected chi connectivity index (χ0v) is 14.8. The van der Waals surface area contributed by atoms with Crippen LogP contribution in [0.15, 0.2) is 30.3 Å². The summed E-state index contributed by atoms with van der Waals surface area (Å²) in [6.07, 6.45) is 2.76. The van der Waals surface area contributed by atoms with E-state index < -0.39 is 10.8 Å². The van der Waals surface area contributed by atoms with Crippen molar-refractivity contribution in [3.63, 3.8) is 0 Å². The summed E-state index contributed by atoms with van der Waals surface area (Å²) in [6, 6.07) is 10.2. The molecule has 0 radical (unpaired) electrons. The Labute approximate surface area is 141 Å². The van der Waals surface area contributed by atoms with E-state index in [1.54, 1.807) is 6.26 Å². The van der Waals surface area contributed by atoms with Gasteiger partial charge in [-0.2, -0.15) is 0 Å². The smallest absolute Gasteiger partial charge is 0.315 e. The van der Waals surface area contributed by atoms with E-state index >= 15 is 0 Å². The van der Waals surface area contributed by atoms with Crippen molar-refractivity contribution in [2.45, 2.75) is 25.9 Å². The fourth-order valence-corrected chi connectivity index (χ4v) is 3.76. The maximum Gasteiger partial charge on any atom is 0.315 e. The molecule has 5 nitrogen and oxygen atoms in total. The zero-order chi connectivity index (χ0) is 16.7. The molecule has 1 aliphatic heterocycles. The van der Waals surface area contributed by atoms with Crippen LogP contribution < -0.4 is 10.6 Å². The van der Waals surface area contributed by atoms with Crippen LogP contribution in [0.3, 0.4) is 0 Å². The Hall–Kier alpha value is -1.40. The first-order valence-electron chi connectivity index (χ1n) is 8.13. The minimum Gasteiger partial charge on any atom is -0.338 e. The summed E-state index contributed by atoms with van der Waals surface area (Å²) >= 11 is 0. The highest BCUT2D eigenvalue weighted by Crippen LogP contribution is 2.17. The molecule has 1 heterocycles. The second-order valence-electron chi connectivity index (χ2n) is 6.37. The van der Waals surface area contributed by atoms with E-state index in [9.17, 15) is 9.00 Å². The average molecular weight is 337 g/mol. The molecule has 2 amide bonds. The Bertz CT molecular complexity index is 524. The Morgan fingerprint density at radius 3 is 2.83 bits per heavy atom. The van der Waals surface area contributed by atoms with Gasteiger partial charge in [0.05, 0.1) is 0 Å². The zero-order valence-electron chi connectivity index (χ0n) is 14.0. The highest BCUT2D eigenvalue weighted by Gasteiger charge is 2.22. The summed E-state index contributed by atoms with van der Waals surface area (Å²) in [5.74, 6) is 0.988. The first kappa shape index (κ1) is 17.9. The van der Waals surface area contributed by atoms with Crippen LogP contribution in [0.25, 0.3) is 0 Å². The topological polar surface area (TPSA) is 61.4 Å². The maximum atomic E-state index is 11.8. The third-order valence-corrected chi connectivity index (χ3v) is 5.00. The third-order valence-electron chi connectivity index (χ3n) is 4.03. The Morgan fingerprint density at radius 2 is 2.13 bits per heavy atom. The lowest BCUT2D eigenvalue weighted by atomic mass is 10.1. The first-order chi connectivity index (χ1) is 11.0. The lowest BCUT2D eigenvalue weighted by Gasteiger charge is -2.17. The lowest BCUT2D eigenvalue weighted by molar-refractivity contribution is 0.236. The normalized spacial score (nSPS) is 20.9. The molecule has 1 aliphatic rings. The molecule has 0 spiro atoms. The molecule has 128 valence electrons. The lowest BCUT2D eigenvalue weighted by Crippen LogP contribution is -2.44. The van der Waals surface area contributed by atoms with E-state index in [1.807, 2.05) is 13.0 Å². The van der Waals surface area contributed by atoms with Crippen LogP contribution in [0.4, 0.5) is 4.79 Å². The molecule has 1 saturated heterocycles. The summed E-state index contributed by atoms with van der Waals surface area (Å²) in [7, 11) is -0.891. The van der Waals surface area contributed by atoms with Crippen molar-refractivity contribution in [2.75, 3.05) is 31.6 Å². The molecule has 1 fully saturated rings. The molecule has 1 aromatic rings. The van der Waals surface area contributed by atoms with Gasteiger partial charge in [-0.15, -0.1) is 0 Å². The Balaban J connectivity index is 1.65. The van der Waals surface area contributed by atoms with Crippen molar-refractivity contribution in [1.82, 2.24) is 15.5 Å². The largest absolute Gasteiger partial charge is 0.338 e. The molecule has 2 N–H and O–H groups in total. The molecule has 0 unspecified atom stereocenters. The van der Waals surface area contributed by atoms with E-state index in [0.29, 0.717) is 18.2 Å². The van der Waals surface area contributed by atoms with Gasteiger partial charge in [-0.25, -0.2) is 4.79 Å². The number of rotatable bonds is 7. The van der Waals surface area contributed by atoms with Gasteiger partial charge in [-0.1, -0.05) is 30.3 Å². The van der Waals surface area contributed by atoms with Crippen molar-refractivity contribution in [3.8, 4) is 0 Å². The maximum absolute atomic E-state index is 11.8. The van der Waals surface area contributed by atoms with Crippen molar-refractivity contribution < 1.29 is 9.00 Å². The minimum atomic E-state index is -0.891. The second kappa shape index (κ2) is 9.03. The van der Waals surface area contributed by atoms with Gasteiger partial charge < -0.3 is 10.6 Å². The second-order valence-corrected chi connectivity index (χ2v) is 7.85. The summed E-state index contributed by atoms with van der Waals surface area (Å²) in [5.41, 5.74) is 1.33. The van der Waals surface area contributed by atoms with E-state index in [0.717, 1.165) is 26.1 Å². The third kappa shape index (κ3) is 6.71. The number of urea groups is 1. The molecule has 23 heavy (non-hydrogen) atoms. The van der Waals surface area contributed by atoms with E-state index in [4.69, 9.17) is 0 Å². The number of carbonyl (C=O) groups excluding carboxylic acids is 1. The molecule has 0 bridgehead atoms. The van der Waals surface area contributed by atoms with E-state index in [-0.39, 0.29) is 12.1 Å². The van der Waals surface area contributed by atoms with Crippen LogP contribution in [0.1, 0.15) is 18.9 Å². The van der Waals surface area contributed by atoms with Crippen LogP contribution in [-0.2, 0) is 17.3 Å². The van der Waals surface area contributed by atoms with Gasteiger partial charge in [0, 0.05) is 48.5 Å². The van der Waals surface area contributed by atoms with Crippen molar-refractivity contribution >= 4 is 16.8 Å². The van der Waals surface area contributed by atoms with Crippen LogP contribution in [0.5, 0.6) is 0 Å². The standard InChI is InChI=1S/C17H27N3O2S/c1-14(13-23(2)22)19-17(21)18-10-16-8-9-20(12-16)11-15-6-4-3-5-7-15/h3-7,14,16H,8-13H2,1-2H3,(H2,18,19,21)/t14-,16-,23+/m1/s1. The van der Waals surface area contributed by atoms with Crippen molar-refractivity contribution in [2.24, 2.45) is 5.92 Å². The van der Waals surface area contributed by atoms with Crippen LogP contribution in [0.2, 0.25) is 0 Å². The fraction of sp³-hybridized carbons (Fsp3) is 0.588. The van der Waals surface area contributed by atoms with Crippen molar-refractivity contribution in [3.05, 3.63) is 35.9 Å². The van der Waals surface area contributed by atoms with Crippen LogP contribution >= 0.6 is 0 Å².